The first-order chi connectivity index (χ1) is 6.65. The molecule has 2 saturated heterocycles. The summed E-state index contributed by atoms with van der Waals surface area (Å²) in [7, 11) is 2.22. The van der Waals surface area contributed by atoms with Crippen LogP contribution >= 0.6 is 0 Å². The van der Waals surface area contributed by atoms with Gasteiger partial charge in [-0.3, -0.25) is 4.90 Å². The number of hydrogen-bond acceptors (Lipinski definition) is 3. The molecule has 2 aliphatic rings. The molecule has 2 aliphatic heterocycles. The van der Waals surface area contributed by atoms with Gasteiger partial charge in [-0.15, -0.1) is 0 Å². The van der Waals surface area contributed by atoms with E-state index in [2.05, 4.69) is 30.7 Å². The third kappa shape index (κ3) is 2.27. The molecule has 3 atom stereocenters. The maximum atomic E-state index is 5.75. The third-order valence-electron chi connectivity index (χ3n) is 3.33. The summed E-state index contributed by atoms with van der Waals surface area (Å²) < 4.78 is 5.75. The molecule has 0 spiro atoms. The zero-order valence-corrected chi connectivity index (χ0v) is 9.57. The molecule has 0 saturated carbocycles. The lowest BCUT2D eigenvalue weighted by molar-refractivity contribution is -0.0788. The quantitative estimate of drug-likeness (QED) is 0.620. The minimum Gasteiger partial charge on any atom is -0.373 e. The zero-order chi connectivity index (χ0) is 10.1. The number of nitrogens with zero attached hydrogens (tertiary/aromatic N) is 2. The van der Waals surface area contributed by atoms with Crippen molar-refractivity contribution in [2.45, 2.75) is 38.5 Å². The zero-order valence-electron chi connectivity index (χ0n) is 9.57. The van der Waals surface area contributed by atoms with Gasteiger partial charge < -0.3 is 9.64 Å². The van der Waals surface area contributed by atoms with Crippen LogP contribution in [0.3, 0.4) is 0 Å². The Morgan fingerprint density at radius 3 is 2.21 bits per heavy atom. The summed E-state index contributed by atoms with van der Waals surface area (Å²) in [5.41, 5.74) is 0. The number of likely N-dealkylation sites (tertiary alicyclic amines) is 1. The molecule has 0 amide bonds. The molecular weight excluding hydrogens is 176 g/mol. The second kappa shape index (κ2) is 4.17. The van der Waals surface area contributed by atoms with Crippen molar-refractivity contribution in [2.75, 3.05) is 33.2 Å². The van der Waals surface area contributed by atoms with E-state index in [0.29, 0.717) is 12.2 Å². The first-order valence-corrected chi connectivity index (χ1v) is 5.73. The maximum absolute atomic E-state index is 5.75. The number of likely N-dealkylation sites (N-methyl/N-ethyl adjacent to an activating group) is 1. The van der Waals surface area contributed by atoms with Crippen LogP contribution < -0.4 is 0 Å². The van der Waals surface area contributed by atoms with Crippen molar-refractivity contribution in [2.24, 2.45) is 0 Å². The Kier molecular flexibility index (Phi) is 3.10. The van der Waals surface area contributed by atoms with Gasteiger partial charge in [0, 0.05) is 25.7 Å². The van der Waals surface area contributed by atoms with Gasteiger partial charge in [0.05, 0.1) is 12.2 Å². The maximum Gasteiger partial charge on any atom is 0.0678 e. The largest absolute Gasteiger partial charge is 0.373 e. The molecule has 1 unspecified atom stereocenters. The Balaban J connectivity index is 1.90. The van der Waals surface area contributed by atoms with Crippen LogP contribution in [0.25, 0.3) is 0 Å². The van der Waals surface area contributed by atoms with Crippen LogP contribution in [0, 0.1) is 0 Å². The van der Waals surface area contributed by atoms with Gasteiger partial charge in [-0.05, 0) is 33.9 Å². The monoisotopic (exact) mass is 198 g/mol. The molecular formula is C11H22N2O. The minimum absolute atomic E-state index is 0.407. The van der Waals surface area contributed by atoms with E-state index in [1.54, 1.807) is 0 Å². The SMILES string of the molecule is C[C@@H]1CN(C2CCN(C)C2)C[C@H](C)O1. The molecule has 0 aromatic carbocycles. The molecule has 82 valence electrons. The Bertz CT molecular complexity index is 188. The molecule has 0 aliphatic carbocycles. The van der Waals surface area contributed by atoms with Crippen LogP contribution in [-0.4, -0.2) is 61.3 Å². The summed E-state index contributed by atoms with van der Waals surface area (Å²) in [5, 5.41) is 0. The summed E-state index contributed by atoms with van der Waals surface area (Å²) in [6.07, 6.45) is 2.14. The number of rotatable bonds is 1. The fourth-order valence-electron chi connectivity index (χ4n) is 2.73. The first kappa shape index (κ1) is 10.4. The molecule has 0 aromatic heterocycles. The highest BCUT2D eigenvalue weighted by Crippen LogP contribution is 2.19. The van der Waals surface area contributed by atoms with Crippen LogP contribution in [0.15, 0.2) is 0 Å². The number of morpholine rings is 1. The summed E-state index contributed by atoms with van der Waals surface area (Å²) in [5.74, 6) is 0. The molecule has 2 heterocycles. The van der Waals surface area contributed by atoms with E-state index in [1.807, 2.05) is 0 Å². The van der Waals surface area contributed by atoms with Gasteiger partial charge in [-0.25, -0.2) is 0 Å². The van der Waals surface area contributed by atoms with Gasteiger partial charge in [-0.1, -0.05) is 0 Å². The van der Waals surface area contributed by atoms with E-state index >= 15 is 0 Å². The topological polar surface area (TPSA) is 15.7 Å². The average Bonchev–Trinajstić information content (AvgIpc) is 2.50. The van der Waals surface area contributed by atoms with Crippen LogP contribution in [0.2, 0.25) is 0 Å². The normalized spacial score (nSPS) is 41.8. The van der Waals surface area contributed by atoms with Crippen LogP contribution in [0.1, 0.15) is 20.3 Å². The highest BCUT2D eigenvalue weighted by atomic mass is 16.5. The van der Waals surface area contributed by atoms with E-state index in [9.17, 15) is 0 Å². The predicted octanol–water partition coefficient (Wildman–Crippen LogP) is 0.800. The lowest BCUT2D eigenvalue weighted by Crippen LogP contribution is -2.50. The summed E-state index contributed by atoms with van der Waals surface area (Å²) in [4.78, 5) is 5.04. The molecule has 2 fully saturated rings. The molecule has 0 N–H and O–H groups in total. The lowest BCUT2D eigenvalue weighted by Gasteiger charge is -2.38. The highest BCUT2D eigenvalue weighted by molar-refractivity contribution is 4.85. The second-order valence-corrected chi connectivity index (χ2v) is 4.92. The third-order valence-corrected chi connectivity index (χ3v) is 3.33. The van der Waals surface area contributed by atoms with E-state index in [4.69, 9.17) is 4.74 Å². The van der Waals surface area contributed by atoms with Crippen molar-refractivity contribution in [3.63, 3.8) is 0 Å². The minimum atomic E-state index is 0.407. The average molecular weight is 198 g/mol. The van der Waals surface area contributed by atoms with Crippen molar-refractivity contribution in [1.29, 1.82) is 0 Å². The van der Waals surface area contributed by atoms with Crippen molar-refractivity contribution >= 4 is 0 Å². The predicted molar refractivity (Wildman–Crippen MR) is 57.5 cm³/mol. The van der Waals surface area contributed by atoms with Gasteiger partial charge >= 0.3 is 0 Å². The standard InChI is InChI=1S/C11H22N2O/c1-9-6-13(7-10(2)14-9)11-4-5-12(3)8-11/h9-11H,4-8H2,1-3H3/t9-,10+,11?. The fraction of sp³-hybridized carbons (Fsp3) is 1.00. The van der Waals surface area contributed by atoms with Crippen molar-refractivity contribution in [3.8, 4) is 0 Å². The van der Waals surface area contributed by atoms with Crippen LogP contribution in [0.4, 0.5) is 0 Å². The molecule has 2 rings (SSSR count). The Labute approximate surface area is 87.0 Å². The van der Waals surface area contributed by atoms with Gasteiger partial charge in [0.1, 0.15) is 0 Å². The van der Waals surface area contributed by atoms with Gasteiger partial charge in [-0.2, -0.15) is 0 Å². The van der Waals surface area contributed by atoms with Gasteiger partial charge in [0.2, 0.25) is 0 Å². The van der Waals surface area contributed by atoms with Crippen molar-refractivity contribution in [1.82, 2.24) is 9.80 Å². The van der Waals surface area contributed by atoms with E-state index in [1.165, 1.54) is 19.5 Å². The highest BCUT2D eigenvalue weighted by Gasteiger charge is 2.31. The van der Waals surface area contributed by atoms with E-state index in [-0.39, 0.29) is 0 Å². The van der Waals surface area contributed by atoms with E-state index in [0.717, 1.165) is 19.1 Å². The Morgan fingerprint density at radius 1 is 1.07 bits per heavy atom. The Morgan fingerprint density at radius 2 is 1.71 bits per heavy atom. The van der Waals surface area contributed by atoms with Crippen LogP contribution in [0.5, 0.6) is 0 Å². The molecule has 3 heteroatoms. The molecule has 0 radical (unpaired) electrons. The van der Waals surface area contributed by atoms with Gasteiger partial charge in [0.25, 0.3) is 0 Å². The van der Waals surface area contributed by atoms with Crippen molar-refractivity contribution in [3.05, 3.63) is 0 Å². The summed E-state index contributed by atoms with van der Waals surface area (Å²) >= 11 is 0. The lowest BCUT2D eigenvalue weighted by atomic mass is 10.1. The first-order valence-electron chi connectivity index (χ1n) is 5.73. The fourth-order valence-corrected chi connectivity index (χ4v) is 2.73. The summed E-state index contributed by atoms with van der Waals surface area (Å²) in [6.45, 7) is 9.08. The molecule has 3 nitrogen and oxygen atoms in total. The Hall–Kier alpha value is -0.120. The molecule has 0 bridgehead atoms. The number of ether oxygens (including phenoxy) is 1. The molecule has 0 aromatic rings. The van der Waals surface area contributed by atoms with Gasteiger partial charge in [0.15, 0.2) is 0 Å². The summed E-state index contributed by atoms with van der Waals surface area (Å²) in [6, 6.07) is 0.772. The number of hydrogen-bond donors (Lipinski definition) is 0. The second-order valence-electron chi connectivity index (χ2n) is 4.92. The molecule has 14 heavy (non-hydrogen) atoms. The van der Waals surface area contributed by atoms with E-state index < -0.39 is 0 Å². The van der Waals surface area contributed by atoms with Crippen molar-refractivity contribution < 1.29 is 4.74 Å². The van der Waals surface area contributed by atoms with Crippen LogP contribution in [-0.2, 0) is 4.74 Å². The smallest absolute Gasteiger partial charge is 0.0678 e.